The van der Waals surface area contributed by atoms with Crippen molar-refractivity contribution in [2.24, 2.45) is 0 Å². The lowest BCUT2D eigenvalue weighted by Crippen LogP contribution is -2.30. The van der Waals surface area contributed by atoms with E-state index in [2.05, 4.69) is 5.32 Å². The van der Waals surface area contributed by atoms with Crippen molar-refractivity contribution in [3.8, 4) is 5.75 Å². The summed E-state index contributed by atoms with van der Waals surface area (Å²) >= 11 is 0. The number of ether oxygens (including phenoxy) is 1. The van der Waals surface area contributed by atoms with Crippen LogP contribution in [0.25, 0.3) is 0 Å². The third-order valence-corrected chi connectivity index (χ3v) is 3.67. The Morgan fingerprint density at radius 2 is 1.86 bits per heavy atom. The molecule has 0 unspecified atom stereocenters. The van der Waals surface area contributed by atoms with E-state index in [4.69, 9.17) is 4.74 Å². The number of aliphatic hydroxyl groups excluding tert-OH is 1. The second-order valence-corrected chi connectivity index (χ2v) is 6.36. The number of nitro groups is 1. The molecule has 1 atom stereocenters. The van der Waals surface area contributed by atoms with Crippen LogP contribution in [0.2, 0.25) is 0 Å². The highest BCUT2D eigenvalue weighted by molar-refractivity contribution is 5.70. The summed E-state index contributed by atoms with van der Waals surface area (Å²) in [4.78, 5) is 12.1. The minimum Gasteiger partial charge on any atom is -0.491 e. The fourth-order valence-corrected chi connectivity index (χ4v) is 2.42. The van der Waals surface area contributed by atoms with Crippen LogP contribution in [0.4, 0.5) is 30.2 Å². The molecule has 0 aliphatic heterocycles. The molecule has 10 heteroatoms. The molecule has 0 heterocycles. The monoisotopic (exact) mass is 399 g/mol. The van der Waals surface area contributed by atoms with Gasteiger partial charge in [0.2, 0.25) is 0 Å². The van der Waals surface area contributed by atoms with Crippen molar-refractivity contribution in [1.82, 2.24) is 4.90 Å². The first-order chi connectivity index (χ1) is 13.1. The maximum Gasteiger partial charge on any atom is 0.416 e. The number of halogens is 3. The van der Waals surface area contributed by atoms with E-state index in [1.165, 1.54) is 0 Å². The number of alkyl halides is 3. The van der Waals surface area contributed by atoms with Gasteiger partial charge in [-0.25, -0.2) is 0 Å². The normalized spacial score (nSPS) is 12.7. The summed E-state index contributed by atoms with van der Waals surface area (Å²) in [5.41, 5.74) is -1.40. The number of anilines is 2. The number of rotatable bonds is 8. The molecule has 0 aromatic heterocycles. The predicted octanol–water partition coefficient (Wildman–Crippen LogP) is 3.66. The lowest BCUT2D eigenvalue weighted by atomic mass is 10.1. The molecule has 7 nitrogen and oxygen atoms in total. The summed E-state index contributed by atoms with van der Waals surface area (Å²) in [5, 5.41) is 23.6. The molecule has 2 rings (SSSR count). The van der Waals surface area contributed by atoms with Crippen LogP contribution in [0.15, 0.2) is 42.5 Å². The Morgan fingerprint density at radius 3 is 2.39 bits per heavy atom. The van der Waals surface area contributed by atoms with Gasteiger partial charge in [0.1, 0.15) is 24.1 Å². The lowest BCUT2D eigenvalue weighted by molar-refractivity contribution is -0.384. The zero-order valence-corrected chi connectivity index (χ0v) is 15.2. The Kier molecular flexibility index (Phi) is 6.81. The molecular formula is C18H20F3N3O4. The first-order valence-corrected chi connectivity index (χ1v) is 8.24. The van der Waals surface area contributed by atoms with Gasteiger partial charge >= 0.3 is 6.18 Å². The Hall–Kier alpha value is -2.85. The predicted molar refractivity (Wildman–Crippen MR) is 97.9 cm³/mol. The van der Waals surface area contributed by atoms with Crippen LogP contribution in [-0.2, 0) is 6.18 Å². The summed E-state index contributed by atoms with van der Waals surface area (Å²) < 4.78 is 43.7. The Balaban J connectivity index is 2.08. The Labute approximate surface area is 159 Å². The highest BCUT2D eigenvalue weighted by atomic mass is 19.4. The van der Waals surface area contributed by atoms with Gasteiger partial charge in [-0.15, -0.1) is 0 Å². The van der Waals surface area contributed by atoms with Crippen LogP contribution in [0.1, 0.15) is 5.56 Å². The van der Waals surface area contributed by atoms with Gasteiger partial charge in [0.25, 0.3) is 5.69 Å². The van der Waals surface area contributed by atoms with Crippen molar-refractivity contribution < 1.29 is 27.9 Å². The fraction of sp³-hybridized carbons (Fsp3) is 0.333. The van der Waals surface area contributed by atoms with Gasteiger partial charge < -0.3 is 20.1 Å². The molecule has 0 fully saturated rings. The molecule has 2 aromatic rings. The van der Waals surface area contributed by atoms with E-state index in [9.17, 15) is 28.4 Å². The van der Waals surface area contributed by atoms with Crippen LogP contribution in [-0.4, -0.2) is 48.3 Å². The number of nitrogens with zero attached hydrogens (tertiary/aromatic N) is 2. The van der Waals surface area contributed by atoms with Crippen LogP contribution < -0.4 is 10.1 Å². The highest BCUT2D eigenvalue weighted by Crippen LogP contribution is 2.36. The standard InChI is InChI=1S/C18H20F3N3O4/c1-23(2)10-14(25)11-28-15-6-4-13(5-7-15)22-16-8-3-12(18(19,20)21)9-17(16)24(26)27/h3-9,14,22,25H,10-11H2,1-2H3/t14-/m0/s1. The van der Waals surface area contributed by atoms with Crippen molar-refractivity contribution in [3.63, 3.8) is 0 Å². The molecule has 0 saturated carbocycles. The SMILES string of the molecule is CN(C)C[C@H](O)COc1ccc(Nc2ccc(C(F)(F)F)cc2[N+](=O)[O-])cc1. The molecule has 28 heavy (non-hydrogen) atoms. The Morgan fingerprint density at radius 1 is 1.21 bits per heavy atom. The van der Waals surface area contributed by atoms with Gasteiger partial charge in [-0.1, -0.05) is 0 Å². The van der Waals surface area contributed by atoms with Gasteiger partial charge in [-0.3, -0.25) is 10.1 Å². The zero-order chi connectivity index (χ0) is 20.9. The lowest BCUT2D eigenvalue weighted by Gasteiger charge is -2.16. The molecule has 2 N–H and O–H groups in total. The van der Waals surface area contributed by atoms with E-state index in [1.54, 1.807) is 24.3 Å². The van der Waals surface area contributed by atoms with E-state index < -0.39 is 28.5 Å². The molecule has 0 radical (unpaired) electrons. The van der Waals surface area contributed by atoms with Gasteiger partial charge in [0, 0.05) is 18.3 Å². The quantitative estimate of drug-likeness (QED) is 0.520. The van der Waals surface area contributed by atoms with E-state index >= 15 is 0 Å². The van der Waals surface area contributed by atoms with Crippen molar-refractivity contribution in [2.75, 3.05) is 32.6 Å². The number of nitrogens with one attached hydrogen (secondary N) is 1. The highest BCUT2D eigenvalue weighted by Gasteiger charge is 2.33. The number of benzene rings is 2. The maximum absolute atomic E-state index is 12.8. The molecule has 0 saturated heterocycles. The largest absolute Gasteiger partial charge is 0.491 e. The molecule has 0 spiro atoms. The molecule has 0 aliphatic rings. The van der Waals surface area contributed by atoms with Crippen LogP contribution in [0.3, 0.4) is 0 Å². The van der Waals surface area contributed by atoms with E-state index in [0.717, 1.165) is 12.1 Å². The van der Waals surface area contributed by atoms with Gasteiger partial charge in [0.15, 0.2) is 0 Å². The number of likely N-dealkylation sites (N-methyl/N-ethyl adjacent to an activating group) is 1. The van der Waals surface area contributed by atoms with Crippen molar-refractivity contribution in [1.29, 1.82) is 0 Å². The zero-order valence-electron chi connectivity index (χ0n) is 15.2. The number of aliphatic hydroxyl groups is 1. The third kappa shape index (κ3) is 6.10. The van der Waals surface area contributed by atoms with Crippen molar-refractivity contribution in [2.45, 2.75) is 12.3 Å². The Bertz CT molecular complexity index is 811. The second-order valence-electron chi connectivity index (χ2n) is 6.36. The van der Waals surface area contributed by atoms with E-state index in [-0.39, 0.29) is 12.3 Å². The molecule has 0 bridgehead atoms. The minimum atomic E-state index is -4.67. The first-order valence-electron chi connectivity index (χ1n) is 8.24. The first kappa shape index (κ1) is 21.5. The summed E-state index contributed by atoms with van der Waals surface area (Å²) in [6, 6.07) is 8.58. The number of hydrogen-bond acceptors (Lipinski definition) is 6. The summed E-state index contributed by atoms with van der Waals surface area (Å²) in [5.74, 6) is 0.477. The van der Waals surface area contributed by atoms with Gasteiger partial charge in [-0.2, -0.15) is 13.2 Å². The third-order valence-electron chi connectivity index (χ3n) is 3.67. The summed E-state index contributed by atoms with van der Waals surface area (Å²) in [7, 11) is 3.65. The van der Waals surface area contributed by atoms with Crippen LogP contribution in [0.5, 0.6) is 5.75 Å². The second kappa shape index (κ2) is 8.89. The molecule has 0 amide bonds. The molecule has 0 aliphatic carbocycles. The average molecular weight is 399 g/mol. The van der Waals surface area contributed by atoms with Crippen LogP contribution in [0, 0.1) is 10.1 Å². The molecule has 152 valence electrons. The van der Waals surface area contributed by atoms with Crippen molar-refractivity contribution >= 4 is 17.1 Å². The van der Waals surface area contributed by atoms with E-state index in [0.29, 0.717) is 24.0 Å². The van der Waals surface area contributed by atoms with Gasteiger partial charge in [-0.05, 0) is 50.5 Å². The number of hydrogen-bond donors (Lipinski definition) is 2. The van der Waals surface area contributed by atoms with E-state index in [1.807, 2.05) is 19.0 Å². The average Bonchev–Trinajstić information content (AvgIpc) is 2.59. The molecule has 2 aromatic carbocycles. The summed E-state index contributed by atoms with van der Waals surface area (Å²) in [6.07, 6.45) is -5.33. The summed E-state index contributed by atoms with van der Waals surface area (Å²) in [6.45, 7) is 0.534. The van der Waals surface area contributed by atoms with Gasteiger partial charge in [0.05, 0.1) is 10.5 Å². The minimum absolute atomic E-state index is 0.0620. The fourth-order valence-electron chi connectivity index (χ4n) is 2.42. The number of nitro benzene ring substituents is 1. The smallest absolute Gasteiger partial charge is 0.416 e. The maximum atomic E-state index is 12.8. The molecular weight excluding hydrogens is 379 g/mol. The topological polar surface area (TPSA) is 87.9 Å². The van der Waals surface area contributed by atoms with Crippen LogP contribution >= 0.6 is 0 Å². The van der Waals surface area contributed by atoms with Crippen molar-refractivity contribution in [3.05, 3.63) is 58.1 Å².